The van der Waals surface area contributed by atoms with Crippen LogP contribution in [0.25, 0.3) is 11.1 Å². The van der Waals surface area contributed by atoms with Crippen LogP contribution in [0.2, 0.25) is 0 Å². The van der Waals surface area contributed by atoms with Crippen LogP contribution < -0.4 is 9.46 Å². The number of amides is 1. The molecule has 2 fully saturated rings. The molecule has 12 heteroatoms. The summed E-state index contributed by atoms with van der Waals surface area (Å²) in [5.74, 6) is -5.89. The number of rotatable bonds is 9. The van der Waals surface area contributed by atoms with Crippen LogP contribution in [0.4, 0.5) is 22.0 Å². The number of sulfonamides is 1. The van der Waals surface area contributed by atoms with E-state index < -0.39 is 64.6 Å². The zero-order chi connectivity index (χ0) is 26.3. The minimum atomic E-state index is -4.07. The molecule has 1 amide bonds. The molecule has 2 aliphatic rings. The highest BCUT2D eigenvalue weighted by molar-refractivity contribution is 7.89. The maximum absolute atomic E-state index is 15.6. The molecule has 2 aromatic carbocycles. The maximum Gasteiger partial charge on any atom is 0.387 e. The average Bonchev–Trinajstić information content (AvgIpc) is 3.62. The van der Waals surface area contributed by atoms with E-state index in [0.717, 1.165) is 4.90 Å². The van der Waals surface area contributed by atoms with Crippen molar-refractivity contribution in [3.05, 3.63) is 53.8 Å². The molecular weight excluding hydrogens is 507 g/mol. The summed E-state index contributed by atoms with van der Waals surface area (Å²) in [4.78, 5) is 13.8. The summed E-state index contributed by atoms with van der Waals surface area (Å²) in [6.07, 6.45) is 0.734. The van der Waals surface area contributed by atoms with E-state index in [1.807, 2.05) is 4.72 Å². The molecule has 0 spiro atoms. The summed E-state index contributed by atoms with van der Waals surface area (Å²) in [5.41, 5.74) is 0.214. The smallest absolute Gasteiger partial charge is 0.387 e. The third kappa shape index (κ3) is 5.64. The molecule has 36 heavy (non-hydrogen) atoms. The van der Waals surface area contributed by atoms with E-state index in [1.165, 1.54) is 49.4 Å². The first-order valence-electron chi connectivity index (χ1n) is 11.4. The van der Waals surface area contributed by atoms with Crippen LogP contribution >= 0.6 is 0 Å². The normalized spacial score (nSPS) is 21.7. The Morgan fingerprint density at radius 3 is 2.53 bits per heavy atom. The molecule has 1 aliphatic carbocycles. The van der Waals surface area contributed by atoms with E-state index in [2.05, 4.69) is 4.74 Å². The second-order valence-corrected chi connectivity index (χ2v) is 11.0. The molecule has 0 radical (unpaired) electrons. The monoisotopic (exact) mass is 532 g/mol. The number of alkyl halides is 4. The van der Waals surface area contributed by atoms with Gasteiger partial charge in [-0.05, 0) is 49.4 Å². The Hall–Kier alpha value is -2.73. The molecule has 2 atom stereocenters. The predicted molar refractivity (Wildman–Crippen MR) is 122 cm³/mol. The number of ether oxygens (including phenoxy) is 1. The molecule has 4 rings (SSSR count). The van der Waals surface area contributed by atoms with Gasteiger partial charge in [0.2, 0.25) is 15.9 Å². The van der Waals surface area contributed by atoms with Crippen LogP contribution in [0.5, 0.6) is 5.75 Å². The fourth-order valence-electron chi connectivity index (χ4n) is 4.41. The molecule has 1 saturated carbocycles. The number of halogens is 5. The molecule has 0 aromatic heterocycles. The van der Waals surface area contributed by atoms with Crippen LogP contribution in [0.1, 0.15) is 25.3 Å². The second-order valence-electron chi connectivity index (χ2n) is 8.96. The molecule has 1 saturated heterocycles. The summed E-state index contributed by atoms with van der Waals surface area (Å²) < 4.78 is 102. The van der Waals surface area contributed by atoms with Crippen LogP contribution in [0.3, 0.4) is 0 Å². The van der Waals surface area contributed by atoms with Gasteiger partial charge in [-0.2, -0.15) is 8.78 Å². The van der Waals surface area contributed by atoms with Gasteiger partial charge in [-0.15, -0.1) is 0 Å². The quantitative estimate of drug-likeness (QED) is 0.492. The first-order chi connectivity index (χ1) is 16.9. The van der Waals surface area contributed by atoms with Crippen molar-refractivity contribution in [3.63, 3.8) is 0 Å². The van der Waals surface area contributed by atoms with Gasteiger partial charge in [0, 0.05) is 11.5 Å². The van der Waals surface area contributed by atoms with Gasteiger partial charge in [0.05, 0.1) is 18.3 Å². The van der Waals surface area contributed by atoms with Crippen molar-refractivity contribution in [2.24, 2.45) is 5.92 Å². The molecule has 0 bridgehead atoms. The Labute approximate surface area is 205 Å². The fourth-order valence-corrected chi connectivity index (χ4v) is 5.29. The first-order valence-corrected chi connectivity index (χ1v) is 13.1. The lowest BCUT2D eigenvalue weighted by Gasteiger charge is -2.29. The van der Waals surface area contributed by atoms with E-state index >= 15 is 13.2 Å². The Morgan fingerprint density at radius 2 is 1.89 bits per heavy atom. The number of hydrogen-bond donors (Lipinski definition) is 1. The van der Waals surface area contributed by atoms with Crippen molar-refractivity contribution in [2.45, 2.75) is 50.8 Å². The number of nitrogens with one attached hydrogen (secondary N) is 1. The molecule has 2 aromatic rings. The average molecular weight is 533 g/mol. The van der Waals surface area contributed by atoms with E-state index in [1.54, 1.807) is 0 Å². The molecule has 1 N–H and O–H groups in total. The summed E-state index contributed by atoms with van der Waals surface area (Å²) in [5, 5.41) is 0. The lowest BCUT2D eigenvalue weighted by molar-refractivity contribution is -0.134. The van der Waals surface area contributed by atoms with Gasteiger partial charge in [-0.1, -0.05) is 30.3 Å². The van der Waals surface area contributed by atoms with Gasteiger partial charge in [-0.25, -0.2) is 26.3 Å². The highest BCUT2D eigenvalue weighted by atomic mass is 32.2. The van der Waals surface area contributed by atoms with E-state index in [-0.39, 0.29) is 28.9 Å². The summed E-state index contributed by atoms with van der Waals surface area (Å²) in [7, 11) is -4.07. The molecule has 0 unspecified atom stereocenters. The predicted octanol–water partition coefficient (Wildman–Crippen LogP) is 4.20. The van der Waals surface area contributed by atoms with E-state index in [9.17, 15) is 22.0 Å². The van der Waals surface area contributed by atoms with Crippen molar-refractivity contribution >= 4 is 15.9 Å². The highest BCUT2D eigenvalue weighted by Crippen LogP contribution is 2.40. The third-order valence-corrected chi connectivity index (χ3v) is 7.77. The summed E-state index contributed by atoms with van der Waals surface area (Å²) in [6.45, 7) is -2.75. The molecule has 6 nitrogen and oxygen atoms in total. The Kier molecular flexibility index (Phi) is 7.29. The van der Waals surface area contributed by atoms with Crippen molar-refractivity contribution in [2.75, 3.05) is 12.3 Å². The van der Waals surface area contributed by atoms with Crippen LogP contribution in [0.15, 0.2) is 42.5 Å². The third-order valence-electron chi connectivity index (χ3n) is 6.40. The van der Waals surface area contributed by atoms with Crippen LogP contribution in [-0.4, -0.2) is 56.1 Å². The summed E-state index contributed by atoms with van der Waals surface area (Å²) >= 11 is 0. The maximum atomic E-state index is 15.6. The zero-order valence-electron chi connectivity index (χ0n) is 19.3. The first kappa shape index (κ1) is 26.3. The second kappa shape index (κ2) is 9.97. The lowest BCUT2D eigenvalue weighted by atomic mass is 9.95. The van der Waals surface area contributed by atoms with E-state index in [0.29, 0.717) is 12.8 Å². The molecule has 1 aliphatic heterocycles. The standard InChI is InChI=1S/C24H25F5N2O4S/c1-2-36(33,34)30-21-19(31(13-24(21,28)29)22(32)14-9-10-14)12-16-6-4-8-18(20(16)25)15-5-3-7-17(11-15)35-23(26)27/h3-8,11,14,19,21,23,30H,2,9-10,12-13H2,1H3/t19-,21+/m0/s1. The van der Waals surface area contributed by atoms with Gasteiger partial charge in [0.15, 0.2) is 0 Å². The number of nitrogens with zero attached hydrogens (tertiary/aromatic N) is 1. The molecular formula is C24H25F5N2O4S. The van der Waals surface area contributed by atoms with Gasteiger partial charge >= 0.3 is 6.61 Å². The van der Waals surface area contributed by atoms with E-state index in [4.69, 9.17) is 0 Å². The minimum Gasteiger partial charge on any atom is -0.435 e. The minimum absolute atomic E-state index is 0.0164. The van der Waals surface area contributed by atoms with Crippen molar-refractivity contribution in [1.82, 2.24) is 9.62 Å². The van der Waals surface area contributed by atoms with Crippen molar-refractivity contribution < 1.29 is 39.9 Å². The largest absolute Gasteiger partial charge is 0.435 e. The highest BCUT2D eigenvalue weighted by Gasteiger charge is 2.58. The fraction of sp³-hybridized carbons (Fsp3) is 0.458. The van der Waals surface area contributed by atoms with Gasteiger partial charge in [0.25, 0.3) is 5.92 Å². The molecule has 196 valence electrons. The Bertz CT molecular complexity index is 1240. The number of likely N-dealkylation sites (tertiary alicyclic amines) is 1. The molecule has 1 heterocycles. The van der Waals surface area contributed by atoms with Crippen molar-refractivity contribution in [1.29, 1.82) is 0 Å². The van der Waals surface area contributed by atoms with Crippen LogP contribution in [-0.2, 0) is 21.2 Å². The summed E-state index contributed by atoms with van der Waals surface area (Å²) in [6, 6.07) is 6.35. The zero-order valence-corrected chi connectivity index (χ0v) is 20.1. The SMILES string of the molecule is CCS(=O)(=O)N[C@@H]1[C@H](Cc2cccc(-c3cccc(OC(F)F)c3)c2F)N(C(=O)C2CC2)CC1(F)F. The van der Waals surface area contributed by atoms with Crippen LogP contribution in [0, 0.1) is 11.7 Å². The number of carbonyl (C=O) groups excluding carboxylic acids is 1. The Morgan fingerprint density at radius 1 is 1.19 bits per heavy atom. The topological polar surface area (TPSA) is 75.7 Å². The number of hydrogen-bond acceptors (Lipinski definition) is 4. The lowest BCUT2D eigenvalue weighted by Crippen LogP contribution is -2.52. The van der Waals surface area contributed by atoms with Gasteiger partial charge in [0.1, 0.15) is 17.6 Å². The van der Waals surface area contributed by atoms with Crippen molar-refractivity contribution in [3.8, 4) is 16.9 Å². The van der Waals surface area contributed by atoms with Gasteiger partial charge in [-0.3, -0.25) is 4.79 Å². The number of benzene rings is 2. The number of carbonyl (C=O) groups is 1. The van der Waals surface area contributed by atoms with Gasteiger partial charge < -0.3 is 9.64 Å². The Balaban J connectivity index is 1.69.